The summed E-state index contributed by atoms with van der Waals surface area (Å²) in [5.74, 6) is -1.51. The van der Waals surface area contributed by atoms with Gasteiger partial charge in [-0.25, -0.2) is 19.2 Å². The topological polar surface area (TPSA) is 247 Å². The van der Waals surface area contributed by atoms with Crippen LogP contribution >= 0.6 is 0 Å². The lowest BCUT2D eigenvalue weighted by Gasteiger charge is -2.27. The molecule has 7 rings (SSSR count). The minimum atomic E-state index is -1.17. The van der Waals surface area contributed by atoms with Crippen molar-refractivity contribution < 1.29 is 72.5 Å². The number of aliphatic hydroxyl groups excluding tert-OH is 1. The molecule has 0 aromatic heterocycles. The van der Waals surface area contributed by atoms with Crippen LogP contribution in [-0.2, 0) is 73.5 Å². The predicted octanol–water partition coefficient (Wildman–Crippen LogP) is 8.82. The summed E-state index contributed by atoms with van der Waals surface area (Å²) in [6, 6.07) is 27.1. The van der Waals surface area contributed by atoms with Gasteiger partial charge in [0.25, 0.3) is 0 Å². The van der Waals surface area contributed by atoms with Gasteiger partial charge in [-0.2, -0.15) is 0 Å². The van der Waals surface area contributed by atoms with Crippen LogP contribution in [0.25, 0.3) is 0 Å². The molecule has 85 heavy (non-hydrogen) atoms. The van der Waals surface area contributed by atoms with E-state index in [4.69, 9.17) is 15.2 Å². The van der Waals surface area contributed by atoms with E-state index in [1.165, 1.54) is 54.9 Å². The molecule has 4 amide bonds. The second kappa shape index (κ2) is 41.4. The van der Waals surface area contributed by atoms with E-state index in [9.17, 15) is 38.4 Å². The minimum absolute atomic E-state index is 0.00315. The summed E-state index contributed by atoms with van der Waals surface area (Å²) >= 11 is 0. The highest BCUT2D eigenvalue weighted by molar-refractivity contribution is 6.39. The molecule has 0 aliphatic heterocycles. The Bertz CT molecular complexity index is 2190. The molecule has 0 bridgehead atoms. The summed E-state index contributed by atoms with van der Waals surface area (Å²) in [5, 5.41) is 22.2. The molecule has 4 saturated carbocycles. The number of hydrogen-bond donors (Lipinski definition) is 3. The number of amides is 4. The van der Waals surface area contributed by atoms with Crippen molar-refractivity contribution in [1.29, 1.82) is 0 Å². The third kappa shape index (κ3) is 24.0. The van der Waals surface area contributed by atoms with Gasteiger partial charge < -0.3 is 53.7 Å². The lowest BCUT2D eigenvalue weighted by Crippen LogP contribution is -2.45. The quantitative estimate of drug-likeness (QED) is 0.0731. The van der Waals surface area contributed by atoms with Crippen LogP contribution in [0.1, 0.15) is 158 Å². The molecule has 4 aliphatic carbocycles. The van der Waals surface area contributed by atoms with Gasteiger partial charge in [0.2, 0.25) is 23.6 Å². The summed E-state index contributed by atoms with van der Waals surface area (Å²) in [6.45, 7) is 25.9. The number of carbonyl (C=O) groups is 8. The molecule has 4 fully saturated rings. The number of hydrogen-bond acceptors (Lipinski definition) is 15. The summed E-state index contributed by atoms with van der Waals surface area (Å²) in [7, 11) is 11.8. The van der Waals surface area contributed by atoms with Crippen molar-refractivity contribution in [1.82, 2.24) is 19.6 Å². The molecule has 19 nitrogen and oxygen atoms in total. The lowest BCUT2D eigenvalue weighted by molar-refractivity contribution is -0.152. The van der Waals surface area contributed by atoms with Crippen molar-refractivity contribution in [3.63, 3.8) is 0 Å². The van der Waals surface area contributed by atoms with E-state index in [-0.39, 0.29) is 52.9 Å². The number of nitrogens with zero attached hydrogens (tertiary/aromatic N) is 4. The Balaban J connectivity index is -0.000000987. The van der Waals surface area contributed by atoms with Gasteiger partial charge in [-0.3, -0.25) is 19.2 Å². The number of ether oxygens (including phenoxy) is 4. The molecule has 3 aromatic rings. The average molecular weight is 1200 g/mol. The van der Waals surface area contributed by atoms with E-state index < -0.39 is 47.5 Å². The van der Waals surface area contributed by atoms with Crippen LogP contribution in [0.2, 0.25) is 6.82 Å². The molecule has 3 aromatic carbocycles. The first-order valence-electron chi connectivity index (χ1n) is 29.6. The summed E-state index contributed by atoms with van der Waals surface area (Å²) in [6.07, 6.45) is 6.89. The van der Waals surface area contributed by atoms with Crippen LogP contribution in [-0.4, -0.2) is 177 Å². The van der Waals surface area contributed by atoms with E-state index in [1.54, 1.807) is 55.9 Å². The van der Waals surface area contributed by atoms with Crippen LogP contribution in [0.3, 0.4) is 0 Å². The van der Waals surface area contributed by atoms with Crippen LogP contribution < -0.4 is 0 Å². The first-order valence-corrected chi connectivity index (χ1v) is 29.6. The molecule has 0 spiro atoms. The Hall–Kier alpha value is -6.64. The fourth-order valence-electron chi connectivity index (χ4n) is 8.38. The Labute approximate surface area is 510 Å². The number of esters is 4. The van der Waals surface area contributed by atoms with E-state index in [0.717, 1.165) is 75.2 Å². The van der Waals surface area contributed by atoms with Crippen LogP contribution in [0, 0.1) is 5.41 Å². The van der Waals surface area contributed by atoms with Crippen molar-refractivity contribution in [2.75, 3.05) is 63.7 Å². The van der Waals surface area contributed by atoms with E-state index >= 15 is 0 Å². The molecule has 0 radical (unpaired) electrons. The van der Waals surface area contributed by atoms with Crippen molar-refractivity contribution in [3.05, 3.63) is 108 Å². The van der Waals surface area contributed by atoms with Crippen LogP contribution in [0.15, 0.2) is 91.0 Å². The number of rotatable bonds is 15. The van der Waals surface area contributed by atoms with Gasteiger partial charge in [0, 0.05) is 40.7 Å². The largest absolute Gasteiger partial charge is 0.467 e. The monoisotopic (exact) mass is 1190 g/mol. The van der Waals surface area contributed by atoms with E-state index in [2.05, 4.69) is 18.9 Å². The molecule has 480 valence electrons. The van der Waals surface area contributed by atoms with Crippen molar-refractivity contribution in [2.24, 2.45) is 5.41 Å². The SMILES string of the molecule is CB(O)O.CC.CC.CC.CC.CO.COC(=O)[C@@H](C)N(C)C(=O)C1(C)CC1.COC(=O)[C@@H](C)N(C)C(=O)C1(c2ccccc2)CC1.COC(=O)[C@@H](C)N(C)C(=O)C1(c2ccccc2)CC1.COC(=O)[C@@H](C)N(C)C(=O)C1(c2ccccc2)CC1. The summed E-state index contributed by atoms with van der Waals surface area (Å²) < 4.78 is 18.7. The standard InChI is InChI=1S/3C15H19NO3.C10H17NO3.4C2H6.CH5BO2.CH4O/c3*1-11(13(17)19-3)16(2)14(18)15(9-10-15)12-7-5-4-6-8-12;1-7(8(12)14-4)11(3)9(13)10(2)5-6-10;4*1-2;1-2(3)4;1-2/h3*4-8,11H,9-10H2,1-3H3;7H,5-6H2,1-4H3;4*1-2H3;3-4H,1H3;2H,1H3/t3*11-;7-;;;;;;/m1111....../s1. The zero-order chi connectivity index (χ0) is 66.6. The Morgan fingerprint density at radius 1 is 0.388 bits per heavy atom. The fraction of sp³-hybridized carbons (Fsp3) is 0.600. The molecule has 4 atom stereocenters. The lowest BCUT2D eigenvalue weighted by atomic mass is 9.94. The first-order chi connectivity index (χ1) is 40.2. The van der Waals surface area contributed by atoms with Gasteiger partial charge in [-0.15, -0.1) is 0 Å². The molecule has 4 aliphatic rings. The zero-order valence-electron chi connectivity index (χ0n) is 55.7. The average Bonchev–Trinajstić information content (AvgIpc) is 2.45. The Kier molecular flexibility index (Phi) is 40.2. The number of carbonyl (C=O) groups excluding carboxylic acids is 8. The maximum absolute atomic E-state index is 12.6. The van der Waals surface area contributed by atoms with E-state index in [0.29, 0.717) is 0 Å². The molecular formula is C65H107BN4O15. The van der Waals surface area contributed by atoms with Gasteiger partial charge >= 0.3 is 31.0 Å². The Morgan fingerprint density at radius 3 is 0.694 bits per heavy atom. The predicted molar refractivity (Wildman–Crippen MR) is 336 cm³/mol. The van der Waals surface area contributed by atoms with Gasteiger partial charge in [-0.1, -0.05) is 153 Å². The molecule has 20 heteroatoms. The third-order valence-electron chi connectivity index (χ3n) is 14.7. The molecule has 0 unspecified atom stereocenters. The van der Waals surface area contributed by atoms with Crippen molar-refractivity contribution in [3.8, 4) is 0 Å². The zero-order valence-corrected chi connectivity index (χ0v) is 55.7. The second-order valence-electron chi connectivity index (χ2n) is 20.0. The second-order valence-corrected chi connectivity index (χ2v) is 20.0. The minimum Gasteiger partial charge on any atom is -0.467 e. The van der Waals surface area contributed by atoms with Crippen LogP contribution in [0.4, 0.5) is 0 Å². The van der Waals surface area contributed by atoms with Crippen molar-refractivity contribution >= 4 is 54.6 Å². The highest BCUT2D eigenvalue weighted by Gasteiger charge is 2.55. The summed E-state index contributed by atoms with van der Waals surface area (Å²) in [5.41, 5.74) is 1.57. The van der Waals surface area contributed by atoms with Gasteiger partial charge in [0.15, 0.2) is 0 Å². The third-order valence-corrected chi connectivity index (χ3v) is 14.7. The number of aliphatic hydroxyl groups is 1. The maximum atomic E-state index is 12.6. The first kappa shape index (κ1) is 82.6. The van der Waals surface area contributed by atoms with Gasteiger partial charge in [0.05, 0.1) is 44.7 Å². The van der Waals surface area contributed by atoms with E-state index in [1.807, 2.05) is 153 Å². The Morgan fingerprint density at radius 2 is 0.553 bits per heavy atom. The fourth-order valence-corrected chi connectivity index (χ4v) is 8.38. The number of likely N-dealkylation sites (N-methyl/N-ethyl adjacent to an activating group) is 4. The van der Waals surface area contributed by atoms with Crippen LogP contribution in [0.5, 0.6) is 0 Å². The summed E-state index contributed by atoms with van der Waals surface area (Å²) in [4.78, 5) is 101. The maximum Gasteiger partial charge on any atom is 0.448 e. The molecule has 3 N–H and O–H groups in total. The molecule has 0 saturated heterocycles. The highest BCUT2D eigenvalue weighted by atomic mass is 16.5. The molecular weight excluding hydrogens is 1090 g/mol. The highest BCUT2D eigenvalue weighted by Crippen LogP contribution is 2.51. The van der Waals surface area contributed by atoms with Crippen molar-refractivity contribution in [2.45, 2.75) is 189 Å². The molecule has 0 heterocycles. The number of benzene rings is 3. The smallest absolute Gasteiger partial charge is 0.448 e. The normalized spacial score (nSPS) is 15.6. The van der Waals surface area contributed by atoms with Gasteiger partial charge in [0.1, 0.15) is 24.2 Å². The van der Waals surface area contributed by atoms with Gasteiger partial charge in [-0.05, 0) is 103 Å². The number of methoxy groups -OCH3 is 4.